The SMILES string of the molecule is CC(C)Cn1cnc(-c2cn[nH]c2-c2ccccc2)c1. The molecule has 4 nitrogen and oxygen atoms in total. The van der Waals surface area contributed by atoms with Crippen LogP contribution < -0.4 is 0 Å². The lowest BCUT2D eigenvalue weighted by Gasteiger charge is -2.04. The van der Waals surface area contributed by atoms with Gasteiger partial charge in [0.25, 0.3) is 0 Å². The van der Waals surface area contributed by atoms with Crippen molar-refractivity contribution in [1.82, 2.24) is 19.7 Å². The lowest BCUT2D eigenvalue weighted by Crippen LogP contribution is -2.00. The molecule has 2 heterocycles. The Hall–Kier alpha value is -2.36. The minimum Gasteiger partial charge on any atom is -0.337 e. The third kappa shape index (κ3) is 2.50. The highest BCUT2D eigenvalue weighted by molar-refractivity contribution is 5.78. The topological polar surface area (TPSA) is 46.5 Å². The average molecular weight is 266 g/mol. The van der Waals surface area contributed by atoms with E-state index in [2.05, 4.69) is 51.9 Å². The monoisotopic (exact) mass is 266 g/mol. The van der Waals surface area contributed by atoms with Gasteiger partial charge in [0.15, 0.2) is 0 Å². The maximum Gasteiger partial charge on any atom is 0.0953 e. The van der Waals surface area contributed by atoms with Gasteiger partial charge in [0.05, 0.1) is 23.9 Å². The van der Waals surface area contributed by atoms with Crippen molar-refractivity contribution < 1.29 is 0 Å². The van der Waals surface area contributed by atoms with Crippen LogP contribution in [-0.4, -0.2) is 19.7 Å². The molecule has 20 heavy (non-hydrogen) atoms. The van der Waals surface area contributed by atoms with Crippen molar-refractivity contribution in [1.29, 1.82) is 0 Å². The number of aromatic nitrogens is 4. The van der Waals surface area contributed by atoms with Crippen molar-refractivity contribution in [3.63, 3.8) is 0 Å². The first-order valence-electron chi connectivity index (χ1n) is 6.85. The Labute approximate surface area is 118 Å². The highest BCUT2D eigenvalue weighted by Gasteiger charge is 2.12. The molecule has 0 aliphatic carbocycles. The van der Waals surface area contributed by atoms with E-state index in [-0.39, 0.29) is 0 Å². The van der Waals surface area contributed by atoms with E-state index in [1.165, 1.54) is 0 Å². The van der Waals surface area contributed by atoms with Crippen LogP contribution in [0.25, 0.3) is 22.5 Å². The van der Waals surface area contributed by atoms with E-state index >= 15 is 0 Å². The molecule has 0 fully saturated rings. The summed E-state index contributed by atoms with van der Waals surface area (Å²) in [6.45, 7) is 5.38. The van der Waals surface area contributed by atoms with Gasteiger partial charge in [-0.3, -0.25) is 5.10 Å². The first-order valence-corrected chi connectivity index (χ1v) is 6.85. The second-order valence-electron chi connectivity index (χ2n) is 5.37. The number of nitrogens with zero attached hydrogens (tertiary/aromatic N) is 3. The molecule has 102 valence electrons. The molecular formula is C16H18N4. The van der Waals surface area contributed by atoms with Crippen molar-refractivity contribution in [2.75, 3.05) is 0 Å². The molecule has 0 bridgehead atoms. The molecule has 3 rings (SSSR count). The third-order valence-electron chi connectivity index (χ3n) is 3.19. The Balaban J connectivity index is 1.96. The smallest absolute Gasteiger partial charge is 0.0953 e. The summed E-state index contributed by atoms with van der Waals surface area (Å²) in [6, 6.07) is 10.2. The van der Waals surface area contributed by atoms with Crippen LogP contribution in [0.3, 0.4) is 0 Å². The number of aromatic amines is 1. The fourth-order valence-corrected chi connectivity index (χ4v) is 2.33. The van der Waals surface area contributed by atoms with Crippen LogP contribution in [0.15, 0.2) is 49.1 Å². The second kappa shape index (κ2) is 5.33. The van der Waals surface area contributed by atoms with Crippen molar-refractivity contribution >= 4 is 0 Å². The summed E-state index contributed by atoms with van der Waals surface area (Å²) in [5.41, 5.74) is 4.13. The molecule has 0 aliphatic rings. The molecule has 2 aromatic heterocycles. The minimum atomic E-state index is 0.606. The average Bonchev–Trinajstić information content (AvgIpc) is 3.07. The first kappa shape index (κ1) is 12.7. The van der Waals surface area contributed by atoms with E-state index in [9.17, 15) is 0 Å². The zero-order valence-electron chi connectivity index (χ0n) is 11.7. The summed E-state index contributed by atoms with van der Waals surface area (Å²) in [7, 11) is 0. The third-order valence-corrected chi connectivity index (χ3v) is 3.19. The van der Waals surface area contributed by atoms with Gasteiger partial charge in [-0.2, -0.15) is 5.10 Å². The predicted octanol–water partition coefficient (Wildman–Crippen LogP) is 3.60. The van der Waals surface area contributed by atoms with Crippen LogP contribution in [0.5, 0.6) is 0 Å². The summed E-state index contributed by atoms with van der Waals surface area (Å²) in [5.74, 6) is 0.606. The Morgan fingerprint density at radius 3 is 2.75 bits per heavy atom. The van der Waals surface area contributed by atoms with Crippen LogP contribution in [0.4, 0.5) is 0 Å². The van der Waals surface area contributed by atoms with Gasteiger partial charge >= 0.3 is 0 Å². The van der Waals surface area contributed by atoms with Crippen molar-refractivity contribution in [3.8, 4) is 22.5 Å². The fourth-order valence-electron chi connectivity index (χ4n) is 2.33. The van der Waals surface area contributed by atoms with Gasteiger partial charge in [-0.1, -0.05) is 44.2 Å². The summed E-state index contributed by atoms with van der Waals surface area (Å²) in [6.07, 6.45) is 5.80. The number of hydrogen-bond acceptors (Lipinski definition) is 2. The summed E-state index contributed by atoms with van der Waals surface area (Å²) >= 11 is 0. The van der Waals surface area contributed by atoms with E-state index in [4.69, 9.17) is 0 Å². The molecular weight excluding hydrogens is 248 g/mol. The minimum absolute atomic E-state index is 0.606. The maximum atomic E-state index is 4.50. The number of benzene rings is 1. The number of H-pyrrole nitrogens is 1. The number of rotatable bonds is 4. The summed E-state index contributed by atoms with van der Waals surface area (Å²) in [4.78, 5) is 4.50. The molecule has 3 aromatic rings. The van der Waals surface area contributed by atoms with E-state index in [0.29, 0.717) is 5.92 Å². The molecule has 0 saturated heterocycles. The lowest BCUT2D eigenvalue weighted by atomic mass is 10.1. The number of nitrogens with one attached hydrogen (secondary N) is 1. The molecule has 0 aliphatic heterocycles. The summed E-state index contributed by atoms with van der Waals surface area (Å²) in [5, 5.41) is 7.24. The van der Waals surface area contributed by atoms with Gasteiger partial charge in [-0.15, -0.1) is 0 Å². The van der Waals surface area contributed by atoms with Crippen molar-refractivity contribution in [3.05, 3.63) is 49.1 Å². The highest BCUT2D eigenvalue weighted by atomic mass is 15.1. The van der Waals surface area contributed by atoms with E-state index in [1.807, 2.05) is 30.7 Å². The van der Waals surface area contributed by atoms with Gasteiger partial charge in [0, 0.05) is 23.9 Å². The van der Waals surface area contributed by atoms with Gasteiger partial charge in [-0.25, -0.2) is 4.98 Å². The molecule has 0 amide bonds. The molecule has 4 heteroatoms. The normalized spacial score (nSPS) is 11.2. The van der Waals surface area contributed by atoms with Gasteiger partial charge in [0.2, 0.25) is 0 Å². The summed E-state index contributed by atoms with van der Waals surface area (Å²) < 4.78 is 2.13. The van der Waals surface area contributed by atoms with Crippen molar-refractivity contribution in [2.45, 2.75) is 20.4 Å². The van der Waals surface area contributed by atoms with E-state index in [0.717, 1.165) is 29.1 Å². The molecule has 0 radical (unpaired) electrons. The van der Waals surface area contributed by atoms with E-state index < -0.39 is 0 Å². The second-order valence-corrected chi connectivity index (χ2v) is 5.37. The van der Waals surface area contributed by atoms with E-state index in [1.54, 1.807) is 0 Å². The van der Waals surface area contributed by atoms with Gasteiger partial charge in [-0.05, 0) is 5.92 Å². The quantitative estimate of drug-likeness (QED) is 0.784. The zero-order valence-corrected chi connectivity index (χ0v) is 11.7. The molecule has 0 unspecified atom stereocenters. The predicted molar refractivity (Wildman–Crippen MR) is 80.1 cm³/mol. The molecule has 0 atom stereocenters. The van der Waals surface area contributed by atoms with Gasteiger partial charge in [0.1, 0.15) is 0 Å². The van der Waals surface area contributed by atoms with Gasteiger partial charge < -0.3 is 4.57 Å². The number of hydrogen-bond donors (Lipinski definition) is 1. The van der Waals surface area contributed by atoms with Crippen LogP contribution in [-0.2, 0) is 6.54 Å². The maximum absolute atomic E-state index is 4.50. The Morgan fingerprint density at radius 2 is 2.00 bits per heavy atom. The highest BCUT2D eigenvalue weighted by Crippen LogP contribution is 2.28. The largest absolute Gasteiger partial charge is 0.337 e. The van der Waals surface area contributed by atoms with Crippen LogP contribution in [0, 0.1) is 5.92 Å². The molecule has 1 N–H and O–H groups in total. The Kier molecular flexibility index (Phi) is 3.37. The molecule has 1 aromatic carbocycles. The first-order chi connectivity index (χ1) is 9.74. The van der Waals surface area contributed by atoms with Crippen LogP contribution >= 0.6 is 0 Å². The Bertz CT molecular complexity index is 679. The van der Waals surface area contributed by atoms with Crippen LogP contribution in [0.2, 0.25) is 0 Å². The lowest BCUT2D eigenvalue weighted by molar-refractivity contribution is 0.523. The molecule has 0 saturated carbocycles. The number of imidazole rings is 1. The zero-order chi connectivity index (χ0) is 13.9. The van der Waals surface area contributed by atoms with Crippen molar-refractivity contribution in [2.24, 2.45) is 5.92 Å². The molecule has 0 spiro atoms. The fraction of sp³-hybridized carbons (Fsp3) is 0.250. The standard InChI is InChI=1S/C16H18N4/c1-12(2)9-20-10-15(17-11-20)14-8-18-19-16(14)13-6-4-3-5-7-13/h3-8,10-12H,9H2,1-2H3,(H,18,19). The Morgan fingerprint density at radius 1 is 1.20 bits per heavy atom. The van der Waals surface area contributed by atoms with Crippen LogP contribution in [0.1, 0.15) is 13.8 Å².